The van der Waals surface area contributed by atoms with Crippen molar-refractivity contribution in [2.45, 2.75) is 6.92 Å². The van der Waals surface area contributed by atoms with Crippen molar-refractivity contribution >= 4 is 18.1 Å². The van der Waals surface area contributed by atoms with E-state index in [-0.39, 0.29) is 22.9 Å². The Labute approximate surface area is 184 Å². The van der Waals surface area contributed by atoms with Gasteiger partial charge < -0.3 is 18.9 Å². The molecule has 0 atom stereocenters. The number of nitrogens with one attached hydrogen (secondary N) is 2. The molecule has 2 N–H and O–H groups in total. The van der Waals surface area contributed by atoms with Crippen LogP contribution in [-0.2, 0) is 4.79 Å². The lowest BCUT2D eigenvalue weighted by molar-refractivity contribution is -0.132. The number of rotatable bonds is 8. The highest BCUT2D eigenvalue weighted by Crippen LogP contribution is 2.38. The van der Waals surface area contributed by atoms with E-state index in [1.54, 1.807) is 25.3 Å². The van der Waals surface area contributed by atoms with Crippen LogP contribution in [0.25, 0.3) is 11.3 Å². The largest absolute Gasteiger partial charge is 0.497 e. The monoisotopic (exact) mass is 438 g/mol. The first-order valence-corrected chi connectivity index (χ1v) is 9.42. The molecule has 0 aliphatic heterocycles. The molecule has 0 bridgehead atoms. The van der Waals surface area contributed by atoms with Crippen molar-refractivity contribution < 1.29 is 28.5 Å². The van der Waals surface area contributed by atoms with Crippen LogP contribution < -0.4 is 24.4 Å². The Kier molecular flexibility index (Phi) is 7.06. The Morgan fingerprint density at radius 1 is 1.00 bits per heavy atom. The van der Waals surface area contributed by atoms with E-state index >= 15 is 0 Å². The zero-order valence-electron chi connectivity index (χ0n) is 18.0. The molecule has 3 aromatic rings. The van der Waals surface area contributed by atoms with Crippen molar-refractivity contribution in [1.82, 2.24) is 15.6 Å². The van der Waals surface area contributed by atoms with E-state index in [0.717, 1.165) is 11.3 Å². The van der Waals surface area contributed by atoms with Crippen LogP contribution in [0.5, 0.6) is 23.0 Å². The van der Waals surface area contributed by atoms with Crippen molar-refractivity contribution in [3.8, 4) is 34.3 Å². The van der Waals surface area contributed by atoms with Gasteiger partial charge in [-0.2, -0.15) is 10.2 Å². The van der Waals surface area contributed by atoms with Crippen molar-refractivity contribution in [3.05, 3.63) is 53.7 Å². The summed E-state index contributed by atoms with van der Waals surface area (Å²) in [5.74, 6) is 0.473. The zero-order chi connectivity index (χ0) is 23.1. The molecule has 2 aromatic carbocycles. The molecule has 166 valence electrons. The summed E-state index contributed by atoms with van der Waals surface area (Å²) in [6, 6.07) is 12.1. The number of nitrogens with zero attached hydrogens (tertiary/aromatic N) is 2. The fourth-order valence-electron chi connectivity index (χ4n) is 2.79. The summed E-state index contributed by atoms with van der Waals surface area (Å²) in [6.07, 6.45) is 1.40. The summed E-state index contributed by atoms with van der Waals surface area (Å²) in [4.78, 5) is 23.7. The molecule has 0 saturated heterocycles. The second-order valence-electron chi connectivity index (χ2n) is 6.44. The van der Waals surface area contributed by atoms with Gasteiger partial charge in [-0.15, -0.1) is 0 Å². The van der Waals surface area contributed by atoms with E-state index in [4.69, 9.17) is 18.9 Å². The number of carbonyl (C=O) groups is 2. The number of ether oxygens (including phenoxy) is 4. The van der Waals surface area contributed by atoms with Crippen LogP contribution >= 0.6 is 0 Å². The van der Waals surface area contributed by atoms with E-state index in [9.17, 15) is 9.59 Å². The third-order valence-electron chi connectivity index (χ3n) is 4.32. The lowest BCUT2D eigenvalue weighted by atomic mass is 10.1. The van der Waals surface area contributed by atoms with Crippen molar-refractivity contribution in [2.24, 2.45) is 5.10 Å². The summed E-state index contributed by atoms with van der Waals surface area (Å²) in [7, 11) is 4.46. The van der Waals surface area contributed by atoms with Crippen molar-refractivity contribution in [2.75, 3.05) is 21.3 Å². The van der Waals surface area contributed by atoms with Gasteiger partial charge in [0.2, 0.25) is 5.75 Å². The summed E-state index contributed by atoms with van der Waals surface area (Å²) in [6.45, 7) is 1.28. The number of carbonyl (C=O) groups excluding carboxylic acids is 2. The molecule has 1 heterocycles. The number of aromatic nitrogens is 2. The predicted octanol–water partition coefficient (Wildman–Crippen LogP) is 2.79. The highest BCUT2D eigenvalue weighted by Gasteiger charge is 2.16. The van der Waals surface area contributed by atoms with Gasteiger partial charge in [0.05, 0.1) is 33.2 Å². The third-order valence-corrected chi connectivity index (χ3v) is 4.32. The Balaban J connectivity index is 1.71. The van der Waals surface area contributed by atoms with Gasteiger partial charge >= 0.3 is 5.97 Å². The molecule has 32 heavy (non-hydrogen) atoms. The molecule has 10 heteroatoms. The van der Waals surface area contributed by atoms with Crippen LogP contribution in [-0.4, -0.2) is 49.6 Å². The molecule has 1 aromatic heterocycles. The maximum atomic E-state index is 12.4. The SMILES string of the molecule is COc1ccc(-c2cc(C(=O)NN=Cc3cc(OC)c(OC(C)=O)c(OC)c3)[nH]n2)cc1. The van der Waals surface area contributed by atoms with E-state index < -0.39 is 11.9 Å². The molecule has 10 nitrogen and oxygen atoms in total. The average molecular weight is 438 g/mol. The number of hydrogen-bond acceptors (Lipinski definition) is 8. The van der Waals surface area contributed by atoms with Gasteiger partial charge in [0.15, 0.2) is 11.5 Å². The first kappa shape index (κ1) is 22.3. The lowest BCUT2D eigenvalue weighted by Crippen LogP contribution is -2.18. The van der Waals surface area contributed by atoms with Crippen molar-refractivity contribution in [1.29, 1.82) is 0 Å². The highest BCUT2D eigenvalue weighted by molar-refractivity contribution is 5.94. The van der Waals surface area contributed by atoms with Crippen LogP contribution in [0.4, 0.5) is 0 Å². The minimum Gasteiger partial charge on any atom is -0.497 e. The minimum absolute atomic E-state index is 0.159. The number of esters is 1. The maximum absolute atomic E-state index is 12.4. The van der Waals surface area contributed by atoms with Crippen LogP contribution in [0.3, 0.4) is 0 Å². The quantitative estimate of drug-likeness (QED) is 0.240. The van der Waals surface area contributed by atoms with Gasteiger partial charge in [0, 0.05) is 18.1 Å². The van der Waals surface area contributed by atoms with Crippen LogP contribution in [0.1, 0.15) is 23.0 Å². The molecule has 0 spiro atoms. The van der Waals surface area contributed by atoms with E-state index in [1.165, 1.54) is 27.4 Å². The van der Waals surface area contributed by atoms with Crippen molar-refractivity contribution in [3.63, 3.8) is 0 Å². The van der Waals surface area contributed by atoms with Gasteiger partial charge in [-0.05, 0) is 42.5 Å². The molecular formula is C22H22N4O6. The fourth-order valence-corrected chi connectivity index (χ4v) is 2.79. The molecule has 0 unspecified atom stereocenters. The molecule has 0 fully saturated rings. The summed E-state index contributed by atoms with van der Waals surface area (Å²) < 4.78 is 20.8. The first-order chi connectivity index (χ1) is 15.4. The molecule has 0 aliphatic rings. The summed E-state index contributed by atoms with van der Waals surface area (Å²) in [5.41, 5.74) is 4.66. The Bertz CT molecular complexity index is 1110. The third kappa shape index (κ3) is 5.22. The first-order valence-electron chi connectivity index (χ1n) is 9.42. The molecule has 0 radical (unpaired) electrons. The Morgan fingerprint density at radius 2 is 1.66 bits per heavy atom. The Hall–Kier alpha value is -4.34. The van der Waals surface area contributed by atoms with Crippen LogP contribution in [0, 0.1) is 0 Å². The number of hydrazone groups is 1. The predicted molar refractivity (Wildman–Crippen MR) is 116 cm³/mol. The molecule has 3 rings (SSSR count). The summed E-state index contributed by atoms with van der Waals surface area (Å²) in [5, 5.41) is 10.8. The minimum atomic E-state index is -0.510. The number of benzene rings is 2. The Morgan fingerprint density at radius 3 is 2.22 bits per heavy atom. The normalized spacial score (nSPS) is 10.6. The van der Waals surface area contributed by atoms with E-state index in [0.29, 0.717) is 11.3 Å². The van der Waals surface area contributed by atoms with Gasteiger partial charge in [-0.3, -0.25) is 14.7 Å². The van der Waals surface area contributed by atoms with Gasteiger partial charge in [0.25, 0.3) is 5.91 Å². The average Bonchev–Trinajstić information content (AvgIpc) is 3.29. The summed E-state index contributed by atoms with van der Waals surface area (Å²) >= 11 is 0. The van der Waals surface area contributed by atoms with Crippen LogP contribution in [0.15, 0.2) is 47.6 Å². The van der Waals surface area contributed by atoms with Crippen LogP contribution in [0.2, 0.25) is 0 Å². The van der Waals surface area contributed by atoms with Gasteiger partial charge in [-0.1, -0.05) is 0 Å². The van der Waals surface area contributed by atoms with E-state index in [1.807, 2.05) is 24.3 Å². The van der Waals surface area contributed by atoms with Gasteiger partial charge in [0.1, 0.15) is 11.4 Å². The molecule has 1 amide bonds. The standard InChI is InChI=1S/C22H22N4O6/c1-13(27)32-21-19(30-3)9-14(10-20(21)31-4)12-23-26-22(28)18-11-17(24-25-18)15-5-7-16(29-2)8-6-15/h5-12H,1-4H3,(H,24,25)(H,26,28). The lowest BCUT2D eigenvalue weighted by Gasteiger charge is -2.13. The molecular weight excluding hydrogens is 416 g/mol. The topological polar surface area (TPSA) is 124 Å². The maximum Gasteiger partial charge on any atom is 0.308 e. The molecule has 0 aliphatic carbocycles. The number of H-pyrrole nitrogens is 1. The number of amides is 1. The second-order valence-corrected chi connectivity index (χ2v) is 6.44. The fraction of sp³-hybridized carbons (Fsp3) is 0.182. The molecule has 0 saturated carbocycles. The highest BCUT2D eigenvalue weighted by atomic mass is 16.6. The second kappa shape index (κ2) is 10.1. The number of aromatic amines is 1. The zero-order valence-corrected chi connectivity index (χ0v) is 18.0. The number of hydrogen-bond donors (Lipinski definition) is 2. The van der Waals surface area contributed by atoms with Gasteiger partial charge in [-0.25, -0.2) is 5.43 Å². The number of methoxy groups -OCH3 is 3. The van der Waals surface area contributed by atoms with E-state index in [2.05, 4.69) is 20.7 Å². The smallest absolute Gasteiger partial charge is 0.308 e.